The summed E-state index contributed by atoms with van der Waals surface area (Å²) in [5.41, 5.74) is 16.3. The number of hydrogen-bond donors (Lipinski definition) is 4. The van der Waals surface area contributed by atoms with Crippen LogP contribution in [0.1, 0.15) is 6.42 Å². The maximum absolute atomic E-state index is 11.6. The molecule has 1 atom stereocenters. The van der Waals surface area contributed by atoms with E-state index in [9.17, 15) is 12.6 Å². The Bertz CT molecular complexity index is 646. The third-order valence-electron chi connectivity index (χ3n) is 1.88. The highest BCUT2D eigenvalue weighted by Gasteiger charge is 2.16. The number of rotatable bonds is 6. The Labute approximate surface area is 128 Å². The average Bonchev–Trinajstić information content (AvgIpc) is 2.62. The number of aliphatic imine (C=N–C) groups is 2. The van der Waals surface area contributed by atoms with E-state index in [0.717, 1.165) is 0 Å². The van der Waals surface area contributed by atoms with Gasteiger partial charge in [0.05, 0.1) is 5.70 Å². The van der Waals surface area contributed by atoms with E-state index in [4.69, 9.17) is 22.3 Å². The molecule has 10 nitrogen and oxygen atoms in total. The van der Waals surface area contributed by atoms with E-state index in [1.54, 1.807) is 0 Å². The van der Waals surface area contributed by atoms with Crippen LogP contribution in [0.15, 0.2) is 25.5 Å². The molecule has 0 fully saturated rings. The summed E-state index contributed by atoms with van der Waals surface area (Å²) in [7, 11) is -5.42. The summed E-state index contributed by atoms with van der Waals surface area (Å²) in [5.74, 6) is 0.676. The fourth-order valence-electron chi connectivity index (χ4n) is 1.18. The molecule has 0 saturated heterocycles. The number of hydrogen-bond acceptors (Lipinski definition) is 6. The van der Waals surface area contributed by atoms with Crippen LogP contribution in [-0.2, 0) is 21.0 Å². The van der Waals surface area contributed by atoms with Crippen molar-refractivity contribution in [1.82, 2.24) is 0 Å². The zero-order valence-electron chi connectivity index (χ0n) is 10.8. The molecule has 0 spiro atoms. The van der Waals surface area contributed by atoms with E-state index >= 15 is 0 Å². The van der Waals surface area contributed by atoms with Crippen LogP contribution >= 0.6 is 11.8 Å². The first kappa shape index (κ1) is 17.6. The van der Waals surface area contributed by atoms with Crippen molar-refractivity contribution in [2.24, 2.45) is 36.7 Å². The maximum atomic E-state index is 11.6. The van der Waals surface area contributed by atoms with E-state index in [-0.39, 0.29) is 23.4 Å². The molecule has 0 aliphatic carbocycles. The summed E-state index contributed by atoms with van der Waals surface area (Å²) in [4.78, 5) is 7.66. The molecule has 0 radical (unpaired) electrons. The second-order valence-electron chi connectivity index (χ2n) is 3.74. The molecule has 1 heterocycles. The van der Waals surface area contributed by atoms with E-state index in [1.165, 1.54) is 17.2 Å². The van der Waals surface area contributed by atoms with Gasteiger partial charge in [-0.2, -0.15) is 25.2 Å². The summed E-state index contributed by atoms with van der Waals surface area (Å²) in [5, 5.41) is 6.21. The quantitative estimate of drug-likeness (QED) is 0.238. The van der Waals surface area contributed by atoms with Gasteiger partial charge in [0.15, 0.2) is 5.96 Å². The highest BCUT2D eigenvalue weighted by Crippen LogP contribution is 2.17. The first-order chi connectivity index (χ1) is 9.67. The molecule has 0 aromatic heterocycles. The normalized spacial score (nSPS) is 19.1. The minimum atomic E-state index is -3.96. The lowest BCUT2D eigenvalue weighted by molar-refractivity contribution is 0.599. The van der Waals surface area contributed by atoms with Gasteiger partial charge in [0.25, 0.3) is 0 Å². The van der Waals surface area contributed by atoms with Gasteiger partial charge in [0, 0.05) is 23.3 Å². The molecule has 0 amide bonds. The van der Waals surface area contributed by atoms with Crippen molar-refractivity contribution < 1.29 is 12.6 Å². The Morgan fingerprint density at radius 3 is 2.62 bits per heavy atom. The molecule has 1 rings (SSSR count). The van der Waals surface area contributed by atoms with Crippen LogP contribution in [-0.4, -0.2) is 41.1 Å². The molecule has 1 unspecified atom stereocenters. The molecule has 0 aromatic carbocycles. The average molecular weight is 353 g/mol. The van der Waals surface area contributed by atoms with Gasteiger partial charge < -0.3 is 17.2 Å². The Hall–Kier alpha value is -1.44. The predicted molar refractivity (Wildman–Crippen MR) is 86.1 cm³/mol. The molecular formula is C8H15N7O3S3. The van der Waals surface area contributed by atoms with Crippen molar-refractivity contribution in [1.29, 1.82) is 0 Å². The Balaban J connectivity index is 2.43. The van der Waals surface area contributed by atoms with Gasteiger partial charge in [-0.15, -0.1) is 4.40 Å². The SMILES string of the molecule is NC(N)=NC1=NC(CSCC/C(N)=N/S(N)(=O)=O)=CS1=O. The lowest BCUT2D eigenvalue weighted by Gasteiger charge is -2.00. The van der Waals surface area contributed by atoms with Crippen molar-refractivity contribution in [3.63, 3.8) is 0 Å². The monoisotopic (exact) mass is 353 g/mol. The van der Waals surface area contributed by atoms with Gasteiger partial charge in [0.1, 0.15) is 16.6 Å². The Morgan fingerprint density at radius 1 is 1.38 bits per heavy atom. The van der Waals surface area contributed by atoms with Gasteiger partial charge in [-0.3, -0.25) is 0 Å². The van der Waals surface area contributed by atoms with Crippen LogP contribution in [0, 0.1) is 0 Å². The van der Waals surface area contributed by atoms with Gasteiger partial charge in [0.2, 0.25) is 5.17 Å². The van der Waals surface area contributed by atoms with Crippen LogP contribution in [0.5, 0.6) is 0 Å². The van der Waals surface area contributed by atoms with E-state index in [1.807, 2.05) is 0 Å². The predicted octanol–water partition coefficient (Wildman–Crippen LogP) is -2.10. The van der Waals surface area contributed by atoms with Crippen molar-refractivity contribution in [2.45, 2.75) is 6.42 Å². The minimum Gasteiger partial charge on any atom is -0.386 e. The zero-order chi connectivity index (χ0) is 16.0. The van der Waals surface area contributed by atoms with Crippen molar-refractivity contribution in [3.05, 3.63) is 11.1 Å². The third-order valence-corrected chi connectivity index (χ3v) is 4.39. The summed E-state index contributed by atoms with van der Waals surface area (Å²) in [6.07, 6.45) is 0.252. The van der Waals surface area contributed by atoms with Gasteiger partial charge in [-0.05, 0) is 0 Å². The summed E-state index contributed by atoms with van der Waals surface area (Å²) >= 11 is 1.41. The first-order valence-electron chi connectivity index (χ1n) is 5.42. The lowest BCUT2D eigenvalue weighted by Crippen LogP contribution is -2.24. The first-order valence-corrected chi connectivity index (χ1v) is 9.29. The molecule has 118 valence electrons. The maximum Gasteiger partial charge on any atom is 0.318 e. The molecule has 1 aliphatic heterocycles. The minimum absolute atomic E-state index is 0.0564. The fourth-order valence-corrected chi connectivity index (χ4v) is 3.45. The molecule has 1 aliphatic rings. The largest absolute Gasteiger partial charge is 0.386 e. The van der Waals surface area contributed by atoms with Crippen LogP contribution in [0.25, 0.3) is 0 Å². The van der Waals surface area contributed by atoms with E-state index in [2.05, 4.69) is 14.4 Å². The Morgan fingerprint density at radius 2 is 2.05 bits per heavy atom. The number of amidine groups is 2. The van der Waals surface area contributed by atoms with Crippen molar-refractivity contribution in [2.75, 3.05) is 11.5 Å². The third kappa shape index (κ3) is 7.22. The molecule has 13 heteroatoms. The smallest absolute Gasteiger partial charge is 0.318 e. The van der Waals surface area contributed by atoms with Gasteiger partial charge >= 0.3 is 10.2 Å². The summed E-state index contributed by atoms with van der Waals surface area (Å²) in [6, 6.07) is 0. The molecule has 0 aromatic rings. The zero-order valence-corrected chi connectivity index (χ0v) is 13.2. The Kier molecular flexibility index (Phi) is 6.32. The standard InChI is InChI=1S/C8H15N7O3S3/c9-6(15-21(12,17)18)1-2-19-3-5-4-20(16)8(13-5)14-7(10)11/h4H,1-3H2,(H2,9,15)(H2,12,17,18)(H4,10,11,13,14). The van der Waals surface area contributed by atoms with Crippen LogP contribution in [0.4, 0.5) is 0 Å². The molecule has 21 heavy (non-hydrogen) atoms. The van der Waals surface area contributed by atoms with Gasteiger partial charge in [-0.25, -0.2) is 14.3 Å². The number of nitrogens with two attached hydrogens (primary N) is 4. The van der Waals surface area contributed by atoms with Crippen LogP contribution < -0.4 is 22.3 Å². The van der Waals surface area contributed by atoms with Crippen LogP contribution in [0.3, 0.4) is 0 Å². The van der Waals surface area contributed by atoms with E-state index in [0.29, 0.717) is 17.2 Å². The molecule has 0 bridgehead atoms. The number of thioether (sulfide) groups is 1. The lowest BCUT2D eigenvalue weighted by atomic mass is 10.5. The topological polar surface area (TPSA) is 192 Å². The molecular weight excluding hydrogens is 338 g/mol. The molecule has 8 N–H and O–H groups in total. The number of nitrogens with zero attached hydrogens (tertiary/aromatic N) is 3. The highest BCUT2D eigenvalue weighted by atomic mass is 32.2. The van der Waals surface area contributed by atoms with Gasteiger partial charge in [-0.1, -0.05) is 0 Å². The second-order valence-corrected chi connectivity index (χ2v) is 7.25. The van der Waals surface area contributed by atoms with Crippen molar-refractivity contribution >= 4 is 49.7 Å². The summed E-state index contributed by atoms with van der Waals surface area (Å²) in [6.45, 7) is 0. The number of guanidine groups is 1. The fraction of sp³-hybridized carbons (Fsp3) is 0.375. The van der Waals surface area contributed by atoms with E-state index < -0.39 is 21.0 Å². The molecule has 0 saturated carbocycles. The highest BCUT2D eigenvalue weighted by molar-refractivity contribution is 8.03. The van der Waals surface area contributed by atoms with Crippen LogP contribution in [0.2, 0.25) is 0 Å². The summed E-state index contributed by atoms with van der Waals surface area (Å²) < 4.78 is 36.0. The second kappa shape index (κ2) is 7.53. The van der Waals surface area contributed by atoms with Crippen molar-refractivity contribution in [3.8, 4) is 0 Å².